The van der Waals surface area contributed by atoms with Crippen LogP contribution in [0.15, 0.2) is 46.6 Å². The van der Waals surface area contributed by atoms with Crippen molar-refractivity contribution in [1.29, 1.82) is 0 Å². The molecule has 0 saturated heterocycles. The summed E-state index contributed by atoms with van der Waals surface area (Å²) in [4.78, 5) is 17.3. The predicted octanol–water partition coefficient (Wildman–Crippen LogP) is 2.64. The zero-order valence-electron chi connectivity index (χ0n) is 13.6. The lowest BCUT2D eigenvalue weighted by Gasteiger charge is -2.08. The average molecular weight is 370 g/mol. The van der Waals surface area contributed by atoms with E-state index >= 15 is 0 Å². The van der Waals surface area contributed by atoms with Crippen LogP contribution in [0.5, 0.6) is 0 Å². The third-order valence-corrected chi connectivity index (χ3v) is 5.44. The summed E-state index contributed by atoms with van der Waals surface area (Å²) < 4.78 is 3.28. The minimum Gasteiger partial charge on any atom is -0.276 e. The van der Waals surface area contributed by atoms with Gasteiger partial charge in [0.25, 0.3) is 5.56 Å². The van der Waals surface area contributed by atoms with Gasteiger partial charge in [-0.05, 0) is 25.5 Å². The van der Waals surface area contributed by atoms with Crippen molar-refractivity contribution in [2.24, 2.45) is 0 Å². The van der Waals surface area contributed by atoms with Crippen LogP contribution < -0.4 is 5.56 Å². The van der Waals surface area contributed by atoms with Gasteiger partial charge in [0.15, 0.2) is 5.16 Å². The lowest BCUT2D eigenvalue weighted by Crippen LogP contribution is -2.15. The van der Waals surface area contributed by atoms with Crippen molar-refractivity contribution in [3.8, 4) is 5.69 Å². The summed E-state index contributed by atoms with van der Waals surface area (Å²) in [6.07, 6.45) is 1.70. The molecule has 4 rings (SSSR count). The molecule has 0 amide bonds. The Labute approximate surface area is 151 Å². The van der Waals surface area contributed by atoms with Crippen LogP contribution in [-0.2, 0) is 5.75 Å². The second-order valence-electron chi connectivity index (χ2n) is 5.46. The Morgan fingerprint density at radius 2 is 2.08 bits per heavy atom. The Morgan fingerprint density at radius 1 is 1.24 bits per heavy atom. The average Bonchev–Trinajstić information content (AvgIpc) is 3.19. The Bertz CT molecular complexity index is 1110. The molecule has 0 bridgehead atoms. The Hall–Kier alpha value is -2.52. The van der Waals surface area contributed by atoms with E-state index in [-0.39, 0.29) is 5.56 Å². The van der Waals surface area contributed by atoms with Crippen LogP contribution in [0.25, 0.3) is 10.6 Å². The molecule has 1 aromatic carbocycles. The number of benzene rings is 1. The number of para-hydroxylation sites is 1. The van der Waals surface area contributed by atoms with Crippen LogP contribution in [0.4, 0.5) is 0 Å². The second-order valence-corrected chi connectivity index (χ2v) is 7.56. The molecule has 4 aromatic rings. The number of hydrogen-bond donors (Lipinski definition) is 0. The van der Waals surface area contributed by atoms with E-state index < -0.39 is 0 Å². The van der Waals surface area contributed by atoms with Gasteiger partial charge >= 0.3 is 0 Å². The summed E-state index contributed by atoms with van der Waals surface area (Å²) in [5.74, 6) is 0.535. The van der Waals surface area contributed by atoms with Crippen molar-refractivity contribution in [1.82, 2.24) is 29.4 Å². The molecule has 3 heterocycles. The van der Waals surface area contributed by atoms with Gasteiger partial charge in [-0.3, -0.25) is 9.36 Å². The Kier molecular flexibility index (Phi) is 4.10. The van der Waals surface area contributed by atoms with Crippen molar-refractivity contribution < 1.29 is 0 Å². The van der Waals surface area contributed by atoms with E-state index in [0.717, 1.165) is 21.4 Å². The van der Waals surface area contributed by atoms with Gasteiger partial charge in [0.1, 0.15) is 11.3 Å². The number of hydrogen-bond acceptors (Lipinski definition) is 7. The van der Waals surface area contributed by atoms with Gasteiger partial charge < -0.3 is 0 Å². The van der Waals surface area contributed by atoms with E-state index in [1.807, 2.05) is 42.7 Å². The molecule has 25 heavy (non-hydrogen) atoms. The standard InChI is InChI=1S/C16H14N6OS2/c1-10-5-3-4-6-13(10)21-9-17-19-16(21)24-8-12-7-14(23)22-15(18-12)25-11(2)20-22/h3-7,9H,8H2,1-2H3. The van der Waals surface area contributed by atoms with Gasteiger partial charge in [0.05, 0.1) is 11.4 Å². The topological polar surface area (TPSA) is 78.0 Å². The summed E-state index contributed by atoms with van der Waals surface area (Å²) in [6, 6.07) is 9.58. The van der Waals surface area contributed by atoms with Crippen molar-refractivity contribution in [3.63, 3.8) is 0 Å². The summed E-state index contributed by atoms with van der Waals surface area (Å²) in [5, 5.41) is 13.9. The number of rotatable bonds is 4. The maximum Gasteiger partial charge on any atom is 0.275 e. The zero-order chi connectivity index (χ0) is 17.4. The van der Waals surface area contributed by atoms with Crippen molar-refractivity contribution >= 4 is 28.1 Å². The number of fused-ring (bicyclic) bond motifs is 1. The fraction of sp³-hybridized carbons (Fsp3) is 0.188. The first-order valence-corrected chi connectivity index (χ1v) is 9.37. The summed E-state index contributed by atoms with van der Waals surface area (Å²) in [6.45, 7) is 3.91. The minimum atomic E-state index is -0.162. The smallest absolute Gasteiger partial charge is 0.275 e. The normalized spacial score (nSPS) is 11.3. The highest BCUT2D eigenvalue weighted by molar-refractivity contribution is 7.98. The molecule has 0 fully saturated rings. The van der Waals surface area contributed by atoms with Gasteiger partial charge in [0, 0.05) is 11.8 Å². The van der Waals surface area contributed by atoms with Crippen LogP contribution in [-0.4, -0.2) is 29.4 Å². The van der Waals surface area contributed by atoms with Gasteiger partial charge in [-0.15, -0.1) is 10.2 Å². The largest absolute Gasteiger partial charge is 0.276 e. The fourth-order valence-corrected chi connectivity index (χ4v) is 4.07. The molecule has 0 aliphatic rings. The maximum absolute atomic E-state index is 12.1. The molecule has 9 heteroatoms. The molecule has 0 radical (unpaired) electrons. The molecule has 0 saturated carbocycles. The molecular formula is C16H14N6OS2. The fourth-order valence-electron chi connectivity index (χ4n) is 2.49. The van der Waals surface area contributed by atoms with Gasteiger partial charge in [0.2, 0.25) is 4.96 Å². The number of nitrogens with zero attached hydrogens (tertiary/aromatic N) is 6. The number of aromatic nitrogens is 6. The first-order chi connectivity index (χ1) is 12.1. The highest BCUT2D eigenvalue weighted by atomic mass is 32.2. The van der Waals surface area contributed by atoms with Gasteiger partial charge in [-0.1, -0.05) is 41.3 Å². The van der Waals surface area contributed by atoms with E-state index in [2.05, 4.69) is 20.3 Å². The van der Waals surface area contributed by atoms with Crippen LogP contribution in [0, 0.1) is 13.8 Å². The maximum atomic E-state index is 12.1. The van der Waals surface area contributed by atoms with Gasteiger partial charge in [-0.25, -0.2) is 4.98 Å². The van der Waals surface area contributed by atoms with E-state index in [0.29, 0.717) is 16.4 Å². The monoisotopic (exact) mass is 370 g/mol. The molecule has 0 atom stereocenters. The van der Waals surface area contributed by atoms with E-state index in [1.54, 1.807) is 6.33 Å². The van der Waals surface area contributed by atoms with Crippen LogP contribution >= 0.6 is 23.1 Å². The number of thioether (sulfide) groups is 1. The van der Waals surface area contributed by atoms with Crippen LogP contribution in [0.2, 0.25) is 0 Å². The van der Waals surface area contributed by atoms with E-state index in [1.165, 1.54) is 33.7 Å². The molecule has 0 aliphatic carbocycles. The molecule has 0 unspecified atom stereocenters. The first-order valence-electron chi connectivity index (χ1n) is 7.57. The third kappa shape index (κ3) is 3.08. The lowest BCUT2D eigenvalue weighted by molar-refractivity contribution is 0.866. The summed E-state index contributed by atoms with van der Waals surface area (Å²) in [7, 11) is 0. The van der Waals surface area contributed by atoms with E-state index in [4.69, 9.17) is 0 Å². The molecule has 7 nitrogen and oxygen atoms in total. The first kappa shape index (κ1) is 16.0. The van der Waals surface area contributed by atoms with Gasteiger partial charge in [-0.2, -0.15) is 9.61 Å². The summed E-state index contributed by atoms with van der Waals surface area (Å²) in [5.41, 5.74) is 2.72. The molecule has 0 spiro atoms. The Balaban J connectivity index is 1.62. The SMILES string of the molecule is Cc1nn2c(=O)cc(CSc3nncn3-c3ccccc3C)nc2s1. The molecule has 3 aromatic heterocycles. The Morgan fingerprint density at radius 3 is 2.92 bits per heavy atom. The van der Waals surface area contributed by atoms with E-state index in [9.17, 15) is 4.79 Å². The second kappa shape index (κ2) is 6.41. The van der Waals surface area contributed by atoms with Crippen molar-refractivity contribution in [2.45, 2.75) is 24.8 Å². The van der Waals surface area contributed by atoms with Crippen molar-refractivity contribution in [3.05, 3.63) is 63.3 Å². The van der Waals surface area contributed by atoms with Crippen molar-refractivity contribution in [2.75, 3.05) is 0 Å². The predicted molar refractivity (Wildman–Crippen MR) is 97.5 cm³/mol. The molecular weight excluding hydrogens is 356 g/mol. The lowest BCUT2D eigenvalue weighted by atomic mass is 10.2. The van der Waals surface area contributed by atoms with Crippen LogP contribution in [0.3, 0.4) is 0 Å². The highest BCUT2D eigenvalue weighted by Crippen LogP contribution is 2.24. The molecule has 0 N–H and O–H groups in total. The minimum absolute atomic E-state index is 0.162. The number of aryl methyl sites for hydroxylation is 2. The van der Waals surface area contributed by atoms with Crippen LogP contribution in [0.1, 0.15) is 16.3 Å². The zero-order valence-corrected chi connectivity index (χ0v) is 15.2. The quantitative estimate of drug-likeness (QED) is 0.514. The summed E-state index contributed by atoms with van der Waals surface area (Å²) >= 11 is 2.90. The highest BCUT2D eigenvalue weighted by Gasteiger charge is 2.11. The molecule has 126 valence electrons. The third-order valence-electron chi connectivity index (χ3n) is 3.64. The molecule has 0 aliphatic heterocycles.